The molecule has 29 heavy (non-hydrogen) atoms. The first-order valence-corrected chi connectivity index (χ1v) is 11.3. The summed E-state index contributed by atoms with van der Waals surface area (Å²) in [5.74, 6) is -0.505. The van der Waals surface area contributed by atoms with Crippen molar-refractivity contribution in [2.45, 2.75) is 38.1 Å². The summed E-state index contributed by atoms with van der Waals surface area (Å²) in [5.41, 5.74) is 3.68. The Balaban J connectivity index is 2.14. The van der Waals surface area contributed by atoms with Crippen LogP contribution in [0, 0.1) is 12.8 Å². The fraction of sp³-hybridized carbons (Fsp3) is 0.300. The number of hydrogen-bond acceptors (Lipinski definition) is 5. The van der Waals surface area contributed by atoms with E-state index in [1.54, 1.807) is 24.3 Å². The summed E-state index contributed by atoms with van der Waals surface area (Å²) in [6.45, 7) is 5.65. The van der Waals surface area contributed by atoms with Crippen LogP contribution in [0.4, 0.5) is 0 Å². The number of carbonyl (C=O) groups is 1. The van der Waals surface area contributed by atoms with Crippen LogP contribution < -0.4 is 10.1 Å². The van der Waals surface area contributed by atoms with E-state index in [4.69, 9.17) is 0 Å². The number of carbonyl (C=O) groups excluding carboxylic acids is 1. The number of nitrogens with zero attached hydrogens (tertiary/aromatic N) is 1. The quantitative estimate of drug-likeness (QED) is 0.396. The fourth-order valence-electron chi connectivity index (χ4n) is 2.52. The first kappa shape index (κ1) is 23.1. The molecular weight excluding hydrogens is 458 g/mol. The van der Waals surface area contributed by atoms with Gasteiger partial charge in [-0.1, -0.05) is 47.5 Å². The Labute approximate surface area is 179 Å². The van der Waals surface area contributed by atoms with E-state index < -0.39 is 22.0 Å². The number of benzene rings is 2. The number of phenolic OH excluding ortho intramolecular Hbond substituents is 1. The van der Waals surface area contributed by atoms with Crippen LogP contribution in [-0.2, 0) is 14.8 Å². The molecule has 0 aliphatic rings. The number of hydrogen-bond donors (Lipinski definition) is 3. The maximum absolute atomic E-state index is 12.6. The third-order valence-corrected chi connectivity index (χ3v) is 6.00. The lowest BCUT2D eigenvalue weighted by Crippen LogP contribution is -2.46. The molecule has 0 fully saturated rings. The number of phenols is 1. The van der Waals surface area contributed by atoms with Gasteiger partial charge in [-0.25, -0.2) is 13.8 Å². The molecule has 1 amide bonds. The number of aromatic hydroxyl groups is 1. The van der Waals surface area contributed by atoms with E-state index in [-0.39, 0.29) is 16.6 Å². The first-order chi connectivity index (χ1) is 13.6. The van der Waals surface area contributed by atoms with Crippen LogP contribution in [-0.4, -0.2) is 31.7 Å². The van der Waals surface area contributed by atoms with Gasteiger partial charge < -0.3 is 5.11 Å². The summed E-state index contributed by atoms with van der Waals surface area (Å²) in [6.07, 6.45) is 1.59. The predicted molar refractivity (Wildman–Crippen MR) is 116 cm³/mol. The zero-order valence-corrected chi connectivity index (χ0v) is 18.8. The Morgan fingerprint density at radius 3 is 2.48 bits per heavy atom. The average molecular weight is 482 g/mol. The molecule has 2 aromatic carbocycles. The minimum Gasteiger partial charge on any atom is -0.507 e. The maximum Gasteiger partial charge on any atom is 0.258 e. The summed E-state index contributed by atoms with van der Waals surface area (Å²) in [4.78, 5) is 12.7. The van der Waals surface area contributed by atoms with Crippen LogP contribution in [0.3, 0.4) is 0 Å². The monoisotopic (exact) mass is 481 g/mol. The molecule has 0 radical (unpaired) electrons. The third kappa shape index (κ3) is 6.95. The van der Waals surface area contributed by atoms with E-state index in [0.29, 0.717) is 12.0 Å². The van der Waals surface area contributed by atoms with E-state index in [0.717, 1.165) is 10.0 Å². The van der Waals surface area contributed by atoms with Gasteiger partial charge in [0.25, 0.3) is 5.91 Å². The molecule has 0 saturated heterocycles. The van der Waals surface area contributed by atoms with E-state index in [1.807, 2.05) is 20.8 Å². The molecular formula is C20H24BrN3O4S. The topological polar surface area (TPSA) is 108 Å². The second-order valence-corrected chi connectivity index (χ2v) is 9.68. The predicted octanol–water partition coefficient (Wildman–Crippen LogP) is 3.31. The van der Waals surface area contributed by atoms with E-state index in [9.17, 15) is 18.3 Å². The lowest BCUT2D eigenvalue weighted by atomic mass is 10.0. The highest BCUT2D eigenvalue weighted by Gasteiger charge is 2.26. The molecule has 0 aromatic heterocycles. The van der Waals surface area contributed by atoms with Crippen molar-refractivity contribution in [3.05, 3.63) is 58.1 Å². The van der Waals surface area contributed by atoms with Gasteiger partial charge in [0.15, 0.2) is 0 Å². The summed E-state index contributed by atoms with van der Waals surface area (Å²) in [6, 6.07) is 10.2. The lowest BCUT2D eigenvalue weighted by Gasteiger charge is -2.19. The smallest absolute Gasteiger partial charge is 0.258 e. The Bertz CT molecular complexity index is 989. The van der Waals surface area contributed by atoms with Crippen molar-refractivity contribution in [1.29, 1.82) is 0 Å². The standard InChI is InChI=1S/C20H24BrN3O4S/c1-13(2)10-18(24-29(27,28)17-7-4-14(3)5-8-17)20(26)23-22-12-15-11-16(21)6-9-19(15)25/h4-9,11-13,18,24-25H,10H2,1-3H3,(H,23,26)/b22-12-/t18-/m0/s1. The first-order valence-electron chi connectivity index (χ1n) is 8.99. The van der Waals surface area contributed by atoms with Crippen LogP contribution in [0.5, 0.6) is 5.75 Å². The molecule has 0 aliphatic carbocycles. The van der Waals surface area contributed by atoms with Crippen molar-refractivity contribution in [1.82, 2.24) is 10.1 Å². The summed E-state index contributed by atoms with van der Waals surface area (Å²) >= 11 is 3.29. The molecule has 7 nitrogen and oxygen atoms in total. The van der Waals surface area contributed by atoms with Gasteiger partial charge in [0, 0.05) is 10.0 Å². The molecule has 0 spiro atoms. The largest absolute Gasteiger partial charge is 0.507 e. The van der Waals surface area contributed by atoms with Crippen LogP contribution >= 0.6 is 15.9 Å². The molecule has 0 unspecified atom stereocenters. The molecule has 156 valence electrons. The van der Waals surface area contributed by atoms with Gasteiger partial charge in [0.05, 0.1) is 11.1 Å². The summed E-state index contributed by atoms with van der Waals surface area (Å²) in [5, 5.41) is 13.7. The Morgan fingerprint density at radius 2 is 1.86 bits per heavy atom. The van der Waals surface area contributed by atoms with Crippen molar-refractivity contribution in [2.24, 2.45) is 11.0 Å². The average Bonchev–Trinajstić information content (AvgIpc) is 2.63. The normalized spacial score (nSPS) is 13.0. The van der Waals surface area contributed by atoms with Crippen molar-refractivity contribution >= 4 is 38.1 Å². The number of aryl methyl sites for hydroxylation is 1. The Hall–Kier alpha value is -2.23. The molecule has 0 bridgehead atoms. The van der Waals surface area contributed by atoms with Crippen molar-refractivity contribution in [3.8, 4) is 5.75 Å². The zero-order valence-electron chi connectivity index (χ0n) is 16.4. The van der Waals surface area contributed by atoms with Gasteiger partial charge in [-0.15, -0.1) is 0 Å². The third-order valence-electron chi connectivity index (χ3n) is 4.02. The number of hydrazone groups is 1. The number of rotatable bonds is 8. The van der Waals surface area contributed by atoms with Crippen LogP contribution in [0.1, 0.15) is 31.4 Å². The van der Waals surface area contributed by atoms with Crippen LogP contribution in [0.2, 0.25) is 0 Å². The van der Waals surface area contributed by atoms with Crippen molar-refractivity contribution in [3.63, 3.8) is 0 Å². The number of sulfonamides is 1. The van der Waals surface area contributed by atoms with Gasteiger partial charge >= 0.3 is 0 Å². The highest BCUT2D eigenvalue weighted by Crippen LogP contribution is 2.20. The second kappa shape index (κ2) is 10.00. The number of halogens is 1. The Morgan fingerprint density at radius 1 is 1.21 bits per heavy atom. The highest BCUT2D eigenvalue weighted by molar-refractivity contribution is 9.10. The molecule has 0 saturated carbocycles. The van der Waals surface area contributed by atoms with Crippen LogP contribution in [0.25, 0.3) is 0 Å². The molecule has 2 aromatic rings. The number of amides is 1. The second-order valence-electron chi connectivity index (χ2n) is 7.05. The van der Waals surface area contributed by atoms with Crippen molar-refractivity contribution < 1.29 is 18.3 Å². The zero-order chi connectivity index (χ0) is 21.6. The van der Waals surface area contributed by atoms with Crippen molar-refractivity contribution in [2.75, 3.05) is 0 Å². The molecule has 2 rings (SSSR count). The van der Waals surface area contributed by atoms with Gasteiger partial charge in [0.2, 0.25) is 10.0 Å². The molecule has 1 atom stereocenters. The van der Waals surface area contributed by atoms with Gasteiger partial charge in [-0.05, 0) is 49.6 Å². The fourth-order valence-corrected chi connectivity index (χ4v) is 4.11. The summed E-state index contributed by atoms with van der Waals surface area (Å²) in [7, 11) is -3.87. The lowest BCUT2D eigenvalue weighted by molar-refractivity contribution is -0.123. The van der Waals surface area contributed by atoms with E-state index >= 15 is 0 Å². The molecule has 0 heterocycles. The van der Waals surface area contributed by atoms with Crippen LogP contribution in [0.15, 0.2) is 56.9 Å². The van der Waals surface area contributed by atoms with Gasteiger partial charge in [-0.2, -0.15) is 9.82 Å². The maximum atomic E-state index is 12.6. The highest BCUT2D eigenvalue weighted by atomic mass is 79.9. The SMILES string of the molecule is Cc1ccc(S(=O)(=O)N[C@@H](CC(C)C)C(=O)N/N=C\c2cc(Br)ccc2O)cc1. The molecule has 0 aliphatic heterocycles. The van der Waals surface area contributed by atoms with Gasteiger partial charge in [0.1, 0.15) is 11.8 Å². The van der Waals surface area contributed by atoms with E-state index in [2.05, 4.69) is 31.2 Å². The molecule has 3 N–H and O–H groups in total. The van der Waals surface area contributed by atoms with Gasteiger partial charge in [-0.3, -0.25) is 4.79 Å². The minimum atomic E-state index is -3.87. The minimum absolute atomic E-state index is 0.00463. The Kier molecular flexibility index (Phi) is 7.95. The number of nitrogens with one attached hydrogen (secondary N) is 2. The summed E-state index contributed by atoms with van der Waals surface area (Å²) < 4.78 is 28.5. The molecule has 9 heteroatoms. The van der Waals surface area contributed by atoms with E-state index in [1.165, 1.54) is 24.4 Å².